The number of hydrogen-bond donors (Lipinski definition) is 2. The van der Waals surface area contributed by atoms with E-state index in [0.717, 1.165) is 18.6 Å². The predicted molar refractivity (Wildman–Crippen MR) is 92.8 cm³/mol. The van der Waals surface area contributed by atoms with Gasteiger partial charge in [-0.1, -0.05) is 13.3 Å². The number of anilines is 2. The van der Waals surface area contributed by atoms with Crippen LogP contribution in [0.15, 0.2) is 18.2 Å². The molecule has 0 aliphatic rings. The first kappa shape index (κ1) is 18.4. The lowest BCUT2D eigenvalue weighted by Crippen LogP contribution is -2.23. The van der Waals surface area contributed by atoms with Crippen molar-refractivity contribution in [3.05, 3.63) is 18.2 Å². The summed E-state index contributed by atoms with van der Waals surface area (Å²) in [5.41, 5.74) is 1.18. The van der Waals surface area contributed by atoms with Gasteiger partial charge >= 0.3 is 0 Å². The third kappa shape index (κ3) is 5.97. The van der Waals surface area contributed by atoms with Crippen molar-refractivity contribution >= 4 is 35.0 Å². The third-order valence-electron chi connectivity index (χ3n) is 3.01. The molecule has 6 heteroatoms. The summed E-state index contributed by atoms with van der Waals surface area (Å²) in [4.78, 5) is 23.4. The molecular weight excluding hydrogens is 300 g/mol. The summed E-state index contributed by atoms with van der Waals surface area (Å²) in [5.74, 6) is 1.30. The first-order valence-corrected chi connectivity index (χ1v) is 8.40. The minimum atomic E-state index is -0.161. The largest absolute Gasteiger partial charge is 0.495 e. The van der Waals surface area contributed by atoms with Crippen LogP contribution in [0.1, 0.15) is 33.6 Å². The van der Waals surface area contributed by atoms with E-state index >= 15 is 0 Å². The van der Waals surface area contributed by atoms with Gasteiger partial charge in [0.15, 0.2) is 0 Å². The normalized spacial score (nSPS) is 11.6. The molecule has 0 aromatic heterocycles. The molecule has 0 bridgehead atoms. The van der Waals surface area contributed by atoms with Crippen molar-refractivity contribution in [2.45, 2.75) is 38.9 Å². The Labute approximate surface area is 136 Å². The molecule has 0 heterocycles. The van der Waals surface area contributed by atoms with E-state index in [0.29, 0.717) is 17.1 Å². The van der Waals surface area contributed by atoms with E-state index in [1.54, 1.807) is 37.1 Å². The number of nitrogens with one attached hydrogen (secondary N) is 2. The van der Waals surface area contributed by atoms with E-state index < -0.39 is 0 Å². The van der Waals surface area contributed by atoms with Gasteiger partial charge in [-0.15, -0.1) is 11.8 Å². The van der Waals surface area contributed by atoms with E-state index in [9.17, 15) is 9.59 Å². The standard InChI is InChI=1S/C16H24N2O3S/c1-5-6-9-22-11(2)16(20)18-14-10-13(17-12(3)19)7-8-15(14)21-4/h7-8,10-11H,5-6,9H2,1-4H3,(H,17,19)(H,18,20). The number of carbonyl (C=O) groups is 2. The minimum absolute atomic E-state index is 0.0700. The quantitative estimate of drug-likeness (QED) is 0.718. The summed E-state index contributed by atoms with van der Waals surface area (Å²) in [5, 5.41) is 5.42. The van der Waals surface area contributed by atoms with E-state index in [4.69, 9.17) is 4.74 Å². The van der Waals surface area contributed by atoms with Crippen LogP contribution in [0.25, 0.3) is 0 Å². The number of hydrogen-bond acceptors (Lipinski definition) is 4. The number of carbonyl (C=O) groups excluding carboxylic acids is 2. The molecule has 122 valence electrons. The van der Waals surface area contributed by atoms with E-state index in [-0.39, 0.29) is 17.1 Å². The Bertz CT molecular complexity index is 520. The number of unbranched alkanes of at least 4 members (excludes halogenated alkanes) is 1. The average molecular weight is 324 g/mol. The Morgan fingerprint density at radius 1 is 1.32 bits per heavy atom. The van der Waals surface area contributed by atoms with Crippen molar-refractivity contribution in [1.29, 1.82) is 0 Å². The van der Waals surface area contributed by atoms with Gasteiger partial charge in [0.25, 0.3) is 0 Å². The maximum absolute atomic E-state index is 12.2. The number of methoxy groups -OCH3 is 1. The molecule has 1 rings (SSSR count). The molecule has 0 radical (unpaired) electrons. The Morgan fingerprint density at radius 2 is 2.05 bits per heavy atom. The van der Waals surface area contributed by atoms with Crippen molar-refractivity contribution in [3.63, 3.8) is 0 Å². The van der Waals surface area contributed by atoms with Crippen LogP contribution in [0.4, 0.5) is 11.4 Å². The zero-order chi connectivity index (χ0) is 16.5. The molecular formula is C16H24N2O3S. The van der Waals surface area contributed by atoms with Crippen LogP contribution in [0, 0.1) is 0 Å². The second-order valence-corrected chi connectivity index (χ2v) is 6.40. The Kier molecular flexibility index (Phi) is 7.80. The molecule has 22 heavy (non-hydrogen) atoms. The SMILES string of the molecule is CCCCSC(C)C(=O)Nc1cc(NC(C)=O)ccc1OC. The lowest BCUT2D eigenvalue weighted by molar-refractivity contribution is -0.115. The van der Waals surface area contributed by atoms with Gasteiger partial charge in [0.2, 0.25) is 11.8 Å². The second-order valence-electron chi connectivity index (χ2n) is 4.95. The van der Waals surface area contributed by atoms with Crippen molar-refractivity contribution in [1.82, 2.24) is 0 Å². The number of benzene rings is 1. The first-order valence-electron chi connectivity index (χ1n) is 7.36. The fraction of sp³-hybridized carbons (Fsp3) is 0.500. The topological polar surface area (TPSA) is 67.4 Å². The van der Waals surface area contributed by atoms with Crippen LogP contribution < -0.4 is 15.4 Å². The number of amides is 2. The zero-order valence-electron chi connectivity index (χ0n) is 13.6. The highest BCUT2D eigenvalue weighted by Gasteiger charge is 2.15. The van der Waals surface area contributed by atoms with Gasteiger partial charge < -0.3 is 15.4 Å². The number of thioether (sulfide) groups is 1. The van der Waals surface area contributed by atoms with Crippen LogP contribution in [-0.2, 0) is 9.59 Å². The molecule has 1 unspecified atom stereocenters. The summed E-state index contributed by atoms with van der Waals surface area (Å²) >= 11 is 1.63. The van der Waals surface area contributed by atoms with Gasteiger partial charge in [-0.05, 0) is 37.3 Å². The van der Waals surface area contributed by atoms with Crippen LogP contribution in [0.5, 0.6) is 5.75 Å². The summed E-state index contributed by atoms with van der Waals surface area (Å²) in [6.45, 7) is 5.46. The lowest BCUT2D eigenvalue weighted by Gasteiger charge is -2.15. The van der Waals surface area contributed by atoms with Gasteiger partial charge in [-0.2, -0.15) is 0 Å². The molecule has 0 fully saturated rings. The molecule has 1 atom stereocenters. The fourth-order valence-electron chi connectivity index (χ4n) is 1.80. The van der Waals surface area contributed by atoms with E-state index in [1.807, 2.05) is 6.92 Å². The Morgan fingerprint density at radius 3 is 2.64 bits per heavy atom. The van der Waals surface area contributed by atoms with Crippen molar-refractivity contribution < 1.29 is 14.3 Å². The summed E-state index contributed by atoms with van der Waals surface area (Å²) < 4.78 is 5.25. The van der Waals surface area contributed by atoms with Gasteiger partial charge in [0, 0.05) is 12.6 Å². The van der Waals surface area contributed by atoms with Crippen LogP contribution in [0.2, 0.25) is 0 Å². The summed E-state index contributed by atoms with van der Waals surface area (Å²) in [7, 11) is 1.54. The molecule has 0 saturated carbocycles. The van der Waals surface area contributed by atoms with Gasteiger partial charge in [0.1, 0.15) is 5.75 Å². The molecule has 2 N–H and O–H groups in total. The average Bonchev–Trinajstić information content (AvgIpc) is 2.47. The molecule has 2 amide bonds. The predicted octanol–water partition coefficient (Wildman–Crippen LogP) is 3.51. The van der Waals surface area contributed by atoms with Crippen LogP contribution in [-0.4, -0.2) is 29.9 Å². The minimum Gasteiger partial charge on any atom is -0.495 e. The molecule has 0 saturated heterocycles. The van der Waals surface area contributed by atoms with Gasteiger partial charge in [0.05, 0.1) is 18.0 Å². The molecule has 0 aliphatic heterocycles. The van der Waals surface area contributed by atoms with E-state index in [2.05, 4.69) is 17.6 Å². The smallest absolute Gasteiger partial charge is 0.237 e. The highest BCUT2D eigenvalue weighted by atomic mass is 32.2. The Hall–Kier alpha value is -1.69. The zero-order valence-corrected chi connectivity index (χ0v) is 14.4. The summed E-state index contributed by atoms with van der Waals surface area (Å²) in [6, 6.07) is 5.15. The van der Waals surface area contributed by atoms with Crippen LogP contribution >= 0.6 is 11.8 Å². The van der Waals surface area contributed by atoms with Crippen molar-refractivity contribution in [2.75, 3.05) is 23.5 Å². The van der Waals surface area contributed by atoms with Gasteiger partial charge in [-0.25, -0.2) is 0 Å². The monoisotopic (exact) mass is 324 g/mol. The van der Waals surface area contributed by atoms with Crippen LogP contribution in [0.3, 0.4) is 0 Å². The lowest BCUT2D eigenvalue weighted by atomic mass is 10.2. The highest BCUT2D eigenvalue weighted by molar-refractivity contribution is 8.00. The number of ether oxygens (including phenoxy) is 1. The number of rotatable bonds is 8. The Balaban J connectivity index is 2.76. The molecule has 0 aliphatic carbocycles. The fourth-order valence-corrected chi connectivity index (χ4v) is 2.82. The third-order valence-corrected chi connectivity index (χ3v) is 4.25. The second kappa shape index (κ2) is 9.35. The maximum Gasteiger partial charge on any atom is 0.237 e. The molecule has 0 spiro atoms. The molecule has 1 aromatic carbocycles. The van der Waals surface area contributed by atoms with Gasteiger partial charge in [-0.3, -0.25) is 9.59 Å². The van der Waals surface area contributed by atoms with E-state index in [1.165, 1.54) is 6.92 Å². The molecule has 1 aromatic rings. The van der Waals surface area contributed by atoms with Crippen molar-refractivity contribution in [3.8, 4) is 5.75 Å². The molecule has 5 nitrogen and oxygen atoms in total. The summed E-state index contributed by atoms with van der Waals surface area (Å²) in [6.07, 6.45) is 2.22. The maximum atomic E-state index is 12.2. The van der Waals surface area contributed by atoms with Crippen molar-refractivity contribution in [2.24, 2.45) is 0 Å². The highest BCUT2D eigenvalue weighted by Crippen LogP contribution is 2.28. The first-order chi connectivity index (χ1) is 10.5.